The van der Waals surface area contributed by atoms with Gasteiger partial charge in [0, 0.05) is 30.6 Å². The number of hydrogen-bond acceptors (Lipinski definition) is 2. The van der Waals surface area contributed by atoms with E-state index in [1.54, 1.807) is 6.07 Å². The second kappa shape index (κ2) is 3.89. The van der Waals surface area contributed by atoms with Crippen molar-refractivity contribution in [3.63, 3.8) is 0 Å². The molecule has 86 valence electrons. The van der Waals surface area contributed by atoms with E-state index < -0.39 is 0 Å². The molecule has 1 aliphatic heterocycles. The number of nitrogens with zero attached hydrogens (tertiary/aromatic N) is 1. The van der Waals surface area contributed by atoms with Crippen molar-refractivity contribution < 1.29 is 9.18 Å². The van der Waals surface area contributed by atoms with Crippen LogP contribution in [-0.2, 0) is 4.79 Å². The van der Waals surface area contributed by atoms with Crippen LogP contribution in [0.1, 0.15) is 20.3 Å². The second-order valence-corrected chi connectivity index (χ2v) is 4.96. The summed E-state index contributed by atoms with van der Waals surface area (Å²) in [7, 11) is 0. The summed E-state index contributed by atoms with van der Waals surface area (Å²) >= 11 is 0. The fraction of sp³-hybridized carbons (Fsp3) is 0.462. The first kappa shape index (κ1) is 11.1. The van der Waals surface area contributed by atoms with Gasteiger partial charge in [-0.05, 0) is 18.2 Å². The zero-order chi connectivity index (χ0) is 11.8. The molecule has 0 saturated carbocycles. The van der Waals surface area contributed by atoms with Crippen LogP contribution < -0.4 is 4.90 Å². The molecule has 1 aliphatic rings. The van der Waals surface area contributed by atoms with Gasteiger partial charge in [0.25, 0.3) is 0 Å². The summed E-state index contributed by atoms with van der Waals surface area (Å²) in [6.07, 6.45) is 0.545. The van der Waals surface area contributed by atoms with Crippen molar-refractivity contribution >= 4 is 11.5 Å². The molecule has 0 bridgehead atoms. The van der Waals surface area contributed by atoms with E-state index in [-0.39, 0.29) is 11.2 Å². The summed E-state index contributed by atoms with van der Waals surface area (Å²) in [4.78, 5) is 13.7. The van der Waals surface area contributed by atoms with Crippen molar-refractivity contribution in [3.8, 4) is 0 Å². The average molecular weight is 221 g/mol. The third-order valence-corrected chi connectivity index (χ3v) is 3.12. The van der Waals surface area contributed by atoms with Crippen LogP contribution in [0.2, 0.25) is 0 Å². The number of carbonyl (C=O) groups is 1. The van der Waals surface area contributed by atoms with Crippen LogP contribution in [0.25, 0.3) is 0 Å². The van der Waals surface area contributed by atoms with Gasteiger partial charge in [-0.15, -0.1) is 0 Å². The first-order valence-corrected chi connectivity index (χ1v) is 5.53. The number of hydrogen-bond donors (Lipinski definition) is 0. The van der Waals surface area contributed by atoms with Crippen LogP contribution in [-0.4, -0.2) is 18.9 Å². The molecule has 0 unspecified atom stereocenters. The van der Waals surface area contributed by atoms with E-state index in [4.69, 9.17) is 0 Å². The maximum absolute atomic E-state index is 13.1. The topological polar surface area (TPSA) is 20.3 Å². The Hall–Kier alpha value is -1.38. The van der Waals surface area contributed by atoms with Gasteiger partial charge in [0.15, 0.2) is 0 Å². The number of halogens is 1. The fourth-order valence-corrected chi connectivity index (χ4v) is 2.11. The van der Waals surface area contributed by atoms with Crippen LogP contribution in [0.3, 0.4) is 0 Å². The van der Waals surface area contributed by atoms with Crippen molar-refractivity contribution in [1.82, 2.24) is 0 Å². The molecule has 0 aliphatic carbocycles. The molecule has 2 rings (SSSR count). The lowest BCUT2D eigenvalue weighted by atomic mass is 9.82. The lowest BCUT2D eigenvalue weighted by Gasteiger charge is -2.38. The SMILES string of the molecule is CC1(C)CN(c2cccc(F)c2)CCC1=O. The third-order valence-electron chi connectivity index (χ3n) is 3.12. The molecule has 0 atom stereocenters. The Bertz CT molecular complexity index is 414. The minimum Gasteiger partial charge on any atom is -0.370 e. The molecule has 0 N–H and O–H groups in total. The van der Waals surface area contributed by atoms with E-state index in [2.05, 4.69) is 4.90 Å². The van der Waals surface area contributed by atoms with E-state index in [9.17, 15) is 9.18 Å². The summed E-state index contributed by atoms with van der Waals surface area (Å²) in [6, 6.07) is 6.54. The molecule has 1 saturated heterocycles. The highest BCUT2D eigenvalue weighted by atomic mass is 19.1. The van der Waals surface area contributed by atoms with E-state index in [1.165, 1.54) is 12.1 Å². The second-order valence-electron chi connectivity index (χ2n) is 4.96. The Morgan fingerprint density at radius 1 is 1.38 bits per heavy atom. The number of ketones is 1. The molecule has 3 heteroatoms. The minimum atomic E-state index is -0.329. The van der Waals surface area contributed by atoms with Gasteiger partial charge in [0.05, 0.1) is 0 Å². The van der Waals surface area contributed by atoms with Gasteiger partial charge in [-0.25, -0.2) is 4.39 Å². The Morgan fingerprint density at radius 3 is 2.75 bits per heavy atom. The molecule has 1 fully saturated rings. The highest BCUT2D eigenvalue weighted by molar-refractivity contribution is 5.86. The Balaban J connectivity index is 2.21. The first-order valence-electron chi connectivity index (χ1n) is 5.53. The molecule has 0 spiro atoms. The lowest BCUT2D eigenvalue weighted by Crippen LogP contribution is -2.46. The molecule has 0 aromatic heterocycles. The molecule has 16 heavy (non-hydrogen) atoms. The predicted molar refractivity (Wildman–Crippen MR) is 62.0 cm³/mol. The number of piperidine rings is 1. The quantitative estimate of drug-likeness (QED) is 0.726. The van der Waals surface area contributed by atoms with E-state index in [1.807, 2.05) is 19.9 Å². The highest BCUT2D eigenvalue weighted by Gasteiger charge is 2.34. The van der Waals surface area contributed by atoms with Gasteiger partial charge in [-0.3, -0.25) is 4.79 Å². The maximum Gasteiger partial charge on any atom is 0.142 e. The van der Waals surface area contributed by atoms with Gasteiger partial charge in [-0.1, -0.05) is 19.9 Å². The van der Waals surface area contributed by atoms with Gasteiger partial charge in [-0.2, -0.15) is 0 Å². The number of rotatable bonds is 1. The van der Waals surface area contributed by atoms with Crippen molar-refractivity contribution in [2.24, 2.45) is 5.41 Å². The van der Waals surface area contributed by atoms with Gasteiger partial charge in [0.2, 0.25) is 0 Å². The standard InChI is InChI=1S/C13H16FNO/c1-13(2)9-15(7-6-12(13)16)11-5-3-4-10(14)8-11/h3-5,8H,6-7,9H2,1-2H3. The van der Waals surface area contributed by atoms with Gasteiger partial charge in [0.1, 0.15) is 11.6 Å². The molecule has 1 aromatic carbocycles. The molecule has 2 nitrogen and oxygen atoms in total. The normalized spacial score (nSPS) is 19.9. The predicted octanol–water partition coefficient (Wildman–Crippen LogP) is 2.63. The first-order chi connectivity index (χ1) is 7.49. The maximum atomic E-state index is 13.1. The Kier molecular flexibility index (Phi) is 2.70. The number of Topliss-reactive ketones (excluding diaryl/α,β-unsaturated/α-hetero) is 1. The molecule has 1 heterocycles. The summed E-state index contributed by atoms with van der Waals surface area (Å²) in [5, 5.41) is 0. The zero-order valence-corrected chi connectivity index (χ0v) is 9.66. The number of benzene rings is 1. The van der Waals surface area contributed by atoms with Crippen LogP contribution in [0.5, 0.6) is 0 Å². The smallest absolute Gasteiger partial charge is 0.142 e. The van der Waals surface area contributed by atoms with E-state index in [0.29, 0.717) is 25.3 Å². The Labute approximate surface area is 95.1 Å². The van der Waals surface area contributed by atoms with E-state index >= 15 is 0 Å². The minimum absolute atomic E-state index is 0.229. The van der Waals surface area contributed by atoms with Crippen molar-refractivity contribution in [3.05, 3.63) is 30.1 Å². The average Bonchev–Trinajstić information content (AvgIpc) is 2.22. The number of carbonyl (C=O) groups excluding carboxylic acids is 1. The van der Waals surface area contributed by atoms with E-state index in [0.717, 1.165) is 5.69 Å². The van der Waals surface area contributed by atoms with Gasteiger partial charge >= 0.3 is 0 Å². The molecule has 0 radical (unpaired) electrons. The van der Waals surface area contributed by atoms with Gasteiger partial charge < -0.3 is 4.90 Å². The fourth-order valence-electron chi connectivity index (χ4n) is 2.11. The summed E-state index contributed by atoms with van der Waals surface area (Å²) in [5.74, 6) is 0.0624. The zero-order valence-electron chi connectivity index (χ0n) is 9.66. The summed E-state index contributed by atoms with van der Waals surface area (Å²) in [5.41, 5.74) is 0.533. The van der Waals surface area contributed by atoms with Crippen LogP contribution in [0.15, 0.2) is 24.3 Å². The van der Waals surface area contributed by atoms with Crippen LogP contribution in [0.4, 0.5) is 10.1 Å². The van der Waals surface area contributed by atoms with Crippen molar-refractivity contribution in [2.75, 3.05) is 18.0 Å². The monoisotopic (exact) mass is 221 g/mol. The Morgan fingerprint density at radius 2 is 2.12 bits per heavy atom. The molecule has 0 amide bonds. The lowest BCUT2D eigenvalue weighted by molar-refractivity contribution is -0.127. The largest absolute Gasteiger partial charge is 0.370 e. The highest BCUT2D eigenvalue weighted by Crippen LogP contribution is 2.29. The molecule has 1 aromatic rings. The van der Waals surface area contributed by atoms with Crippen LogP contribution >= 0.6 is 0 Å². The molecular formula is C13H16FNO. The van der Waals surface area contributed by atoms with Crippen LogP contribution in [0, 0.1) is 11.2 Å². The molecular weight excluding hydrogens is 205 g/mol. The third kappa shape index (κ3) is 2.08. The van der Waals surface area contributed by atoms with Crippen molar-refractivity contribution in [2.45, 2.75) is 20.3 Å². The summed E-state index contributed by atoms with van der Waals surface area (Å²) < 4.78 is 13.1. The van der Waals surface area contributed by atoms with Crippen molar-refractivity contribution in [1.29, 1.82) is 0 Å². The summed E-state index contributed by atoms with van der Waals surface area (Å²) in [6.45, 7) is 5.24. The number of anilines is 1.